The van der Waals surface area contributed by atoms with Crippen LogP contribution in [0.4, 0.5) is 0 Å². The Morgan fingerprint density at radius 3 is 2.68 bits per heavy atom. The van der Waals surface area contributed by atoms with Gasteiger partial charge in [-0.3, -0.25) is 9.59 Å². The molecule has 100 valence electrons. The molecule has 2 unspecified atom stereocenters. The zero-order valence-corrected chi connectivity index (χ0v) is 11.0. The Hall–Kier alpha value is -2.02. The maximum atomic E-state index is 11.4. The predicted octanol–water partition coefficient (Wildman–Crippen LogP) is 1.23. The first-order valence-electron chi connectivity index (χ1n) is 5.62. The molecule has 2 atom stereocenters. The van der Waals surface area contributed by atoms with Crippen molar-refractivity contribution >= 4 is 34.7 Å². The number of thioether (sulfide) groups is 1. The second-order valence-electron chi connectivity index (χ2n) is 4.13. The number of aromatic amines is 1. The van der Waals surface area contributed by atoms with Gasteiger partial charge in [0.1, 0.15) is 5.25 Å². The fraction of sp³-hybridized carbons (Fsp3) is 0.250. The number of nitrogens with zero attached hydrogens (tertiary/aromatic N) is 1. The maximum absolute atomic E-state index is 11.4. The molecule has 1 aromatic carbocycles. The highest BCUT2D eigenvalue weighted by atomic mass is 32.2. The third-order valence-corrected chi connectivity index (χ3v) is 4.04. The van der Waals surface area contributed by atoms with E-state index in [-0.39, 0.29) is 0 Å². The molecule has 1 aromatic heterocycles. The van der Waals surface area contributed by atoms with Crippen LogP contribution < -0.4 is 5.73 Å². The Balaban J connectivity index is 2.26. The molecule has 19 heavy (non-hydrogen) atoms. The molecule has 1 heterocycles. The molecular formula is C12H13N3O3S. The van der Waals surface area contributed by atoms with Crippen molar-refractivity contribution in [2.75, 3.05) is 0 Å². The molecule has 0 aliphatic heterocycles. The number of carbonyl (C=O) groups is 2. The quantitative estimate of drug-likeness (QED) is 0.713. The largest absolute Gasteiger partial charge is 0.481 e. The highest BCUT2D eigenvalue weighted by molar-refractivity contribution is 8.00. The number of primary amides is 1. The standard InChI is InChI=1S/C12H13N3O3S/c1-6(11(17)18)9(10(13)16)19-12-14-7-4-2-3-5-8(7)15-12/h2-6,9H,1H3,(H2,13,16)(H,14,15)(H,17,18). The number of carbonyl (C=O) groups excluding carboxylic acids is 1. The number of nitrogens with two attached hydrogens (primary N) is 1. The monoisotopic (exact) mass is 279 g/mol. The average molecular weight is 279 g/mol. The number of fused-ring (bicyclic) bond motifs is 1. The van der Waals surface area contributed by atoms with Crippen LogP contribution >= 0.6 is 11.8 Å². The number of nitrogens with one attached hydrogen (secondary N) is 1. The fourth-order valence-electron chi connectivity index (χ4n) is 1.64. The number of carboxylic acids is 1. The van der Waals surface area contributed by atoms with Crippen molar-refractivity contribution in [1.29, 1.82) is 0 Å². The molecule has 1 amide bonds. The van der Waals surface area contributed by atoms with E-state index in [0.717, 1.165) is 22.8 Å². The summed E-state index contributed by atoms with van der Waals surface area (Å²) in [7, 11) is 0. The van der Waals surface area contributed by atoms with E-state index in [9.17, 15) is 9.59 Å². The van der Waals surface area contributed by atoms with Gasteiger partial charge >= 0.3 is 5.97 Å². The zero-order valence-electron chi connectivity index (χ0n) is 10.2. The van der Waals surface area contributed by atoms with Crippen molar-refractivity contribution in [3.05, 3.63) is 24.3 Å². The number of para-hydroxylation sites is 2. The Morgan fingerprint density at radius 2 is 2.11 bits per heavy atom. The summed E-state index contributed by atoms with van der Waals surface area (Å²) in [6.07, 6.45) is 0. The number of aliphatic carboxylic acids is 1. The van der Waals surface area contributed by atoms with Crippen molar-refractivity contribution in [1.82, 2.24) is 9.97 Å². The second-order valence-corrected chi connectivity index (χ2v) is 5.26. The van der Waals surface area contributed by atoms with Crippen molar-refractivity contribution in [2.45, 2.75) is 17.3 Å². The third kappa shape index (κ3) is 2.87. The van der Waals surface area contributed by atoms with Crippen LogP contribution in [0.15, 0.2) is 29.4 Å². The summed E-state index contributed by atoms with van der Waals surface area (Å²) < 4.78 is 0. The van der Waals surface area contributed by atoms with Crippen LogP contribution in [0.2, 0.25) is 0 Å². The van der Waals surface area contributed by atoms with Gasteiger partial charge in [-0.1, -0.05) is 30.8 Å². The number of benzene rings is 1. The summed E-state index contributed by atoms with van der Waals surface area (Å²) in [6, 6.07) is 7.39. The maximum Gasteiger partial charge on any atom is 0.307 e. The molecule has 0 saturated heterocycles. The van der Waals surface area contributed by atoms with E-state index < -0.39 is 23.0 Å². The zero-order chi connectivity index (χ0) is 14.0. The summed E-state index contributed by atoms with van der Waals surface area (Å²) >= 11 is 1.04. The molecule has 0 bridgehead atoms. The van der Waals surface area contributed by atoms with Crippen molar-refractivity contribution < 1.29 is 14.7 Å². The van der Waals surface area contributed by atoms with Gasteiger partial charge in [-0.2, -0.15) is 0 Å². The smallest absolute Gasteiger partial charge is 0.307 e. The van der Waals surface area contributed by atoms with Gasteiger partial charge in [0, 0.05) is 0 Å². The third-order valence-electron chi connectivity index (χ3n) is 2.73. The van der Waals surface area contributed by atoms with Gasteiger partial charge in [0.15, 0.2) is 5.16 Å². The molecule has 4 N–H and O–H groups in total. The van der Waals surface area contributed by atoms with E-state index in [1.807, 2.05) is 24.3 Å². The summed E-state index contributed by atoms with van der Waals surface area (Å²) in [4.78, 5) is 29.6. The minimum Gasteiger partial charge on any atom is -0.481 e. The van der Waals surface area contributed by atoms with Gasteiger partial charge < -0.3 is 15.8 Å². The molecular weight excluding hydrogens is 266 g/mol. The number of rotatable bonds is 5. The van der Waals surface area contributed by atoms with E-state index in [4.69, 9.17) is 10.8 Å². The van der Waals surface area contributed by atoms with Crippen LogP contribution in [-0.2, 0) is 9.59 Å². The van der Waals surface area contributed by atoms with E-state index in [2.05, 4.69) is 9.97 Å². The lowest BCUT2D eigenvalue weighted by Crippen LogP contribution is -2.35. The van der Waals surface area contributed by atoms with Crippen LogP contribution in [0.25, 0.3) is 11.0 Å². The fourth-order valence-corrected chi connectivity index (χ4v) is 2.64. The first-order valence-corrected chi connectivity index (χ1v) is 6.50. The van der Waals surface area contributed by atoms with Crippen LogP contribution in [0.1, 0.15) is 6.92 Å². The summed E-state index contributed by atoms with van der Waals surface area (Å²) in [5.41, 5.74) is 6.84. The van der Waals surface area contributed by atoms with Crippen LogP contribution in [0, 0.1) is 5.92 Å². The van der Waals surface area contributed by atoms with Crippen LogP contribution in [0.5, 0.6) is 0 Å². The lowest BCUT2D eigenvalue weighted by molar-refractivity contribution is -0.142. The van der Waals surface area contributed by atoms with Crippen LogP contribution in [0.3, 0.4) is 0 Å². The van der Waals surface area contributed by atoms with Crippen molar-refractivity contribution in [2.24, 2.45) is 11.7 Å². The lowest BCUT2D eigenvalue weighted by atomic mass is 10.1. The Kier molecular flexibility index (Phi) is 3.75. The number of aromatic nitrogens is 2. The topological polar surface area (TPSA) is 109 Å². The van der Waals surface area contributed by atoms with Gasteiger partial charge in [-0.15, -0.1) is 0 Å². The molecule has 7 heteroatoms. The van der Waals surface area contributed by atoms with Crippen molar-refractivity contribution in [3.8, 4) is 0 Å². The summed E-state index contributed by atoms with van der Waals surface area (Å²) in [5.74, 6) is -2.61. The predicted molar refractivity (Wildman–Crippen MR) is 71.7 cm³/mol. The molecule has 0 fully saturated rings. The molecule has 0 aliphatic rings. The minimum absolute atomic E-state index is 0.484. The Morgan fingerprint density at radius 1 is 1.42 bits per heavy atom. The molecule has 0 saturated carbocycles. The van der Waals surface area contributed by atoms with E-state index in [0.29, 0.717) is 5.16 Å². The highest BCUT2D eigenvalue weighted by Crippen LogP contribution is 2.27. The molecule has 2 rings (SSSR count). The van der Waals surface area contributed by atoms with E-state index in [1.54, 1.807) is 0 Å². The first-order chi connectivity index (χ1) is 8.99. The van der Waals surface area contributed by atoms with Gasteiger partial charge in [-0.25, -0.2) is 4.98 Å². The van der Waals surface area contributed by atoms with Gasteiger partial charge in [0.2, 0.25) is 5.91 Å². The first kappa shape index (κ1) is 13.4. The lowest BCUT2D eigenvalue weighted by Gasteiger charge is -2.15. The number of hydrogen-bond donors (Lipinski definition) is 3. The number of hydrogen-bond acceptors (Lipinski definition) is 4. The SMILES string of the molecule is CC(C(=O)O)C(Sc1nc2ccccc2[nH]1)C(N)=O. The van der Waals surface area contributed by atoms with E-state index in [1.165, 1.54) is 6.92 Å². The Bertz CT molecular complexity index is 592. The molecule has 2 aromatic rings. The Labute approximate surface area is 113 Å². The highest BCUT2D eigenvalue weighted by Gasteiger charge is 2.30. The second kappa shape index (κ2) is 5.31. The van der Waals surface area contributed by atoms with Gasteiger partial charge in [0.25, 0.3) is 0 Å². The summed E-state index contributed by atoms with van der Waals surface area (Å²) in [6.45, 7) is 1.45. The molecule has 0 spiro atoms. The van der Waals surface area contributed by atoms with Gasteiger partial charge in [0.05, 0.1) is 17.0 Å². The number of amides is 1. The molecule has 6 nitrogen and oxygen atoms in total. The average Bonchev–Trinajstić information content (AvgIpc) is 2.77. The molecule has 0 aliphatic carbocycles. The number of carboxylic acid groups (broad SMARTS) is 1. The number of H-pyrrole nitrogens is 1. The van der Waals surface area contributed by atoms with Gasteiger partial charge in [-0.05, 0) is 12.1 Å². The van der Waals surface area contributed by atoms with Crippen LogP contribution in [-0.4, -0.2) is 32.2 Å². The number of imidazole rings is 1. The molecule has 0 radical (unpaired) electrons. The van der Waals surface area contributed by atoms with Crippen molar-refractivity contribution in [3.63, 3.8) is 0 Å². The normalized spacial score (nSPS) is 14.2. The van der Waals surface area contributed by atoms with E-state index >= 15 is 0 Å². The minimum atomic E-state index is -1.06. The summed E-state index contributed by atoms with van der Waals surface area (Å²) in [5, 5.41) is 8.59.